The first-order valence-corrected chi connectivity index (χ1v) is 10.8. The monoisotopic (exact) mass is 416 g/mol. The molecule has 4 unspecified atom stereocenters. The fourth-order valence-corrected chi connectivity index (χ4v) is 4.27. The van der Waals surface area contributed by atoms with Crippen molar-refractivity contribution >= 4 is 17.8 Å². The van der Waals surface area contributed by atoms with Crippen molar-refractivity contribution in [1.29, 1.82) is 0 Å². The molecule has 1 heterocycles. The minimum absolute atomic E-state index is 0.0684. The van der Waals surface area contributed by atoms with Crippen molar-refractivity contribution < 1.29 is 19.1 Å². The molecule has 1 N–H and O–H groups in total. The highest BCUT2D eigenvalue weighted by Gasteiger charge is 2.55. The van der Waals surface area contributed by atoms with Crippen LogP contribution >= 0.6 is 0 Å². The van der Waals surface area contributed by atoms with Gasteiger partial charge in [-0.1, -0.05) is 58.0 Å². The van der Waals surface area contributed by atoms with E-state index in [4.69, 9.17) is 4.74 Å². The standard InChI is InChI=1S/C24H36N2O4/c1-8-30-23(29)19-16(4)20(22(28)25-15(2)3)26(18(27)14-24(5,6)7)21(19)17-12-10-9-11-13-17/h9-13,15-16,19-21H,8,14H2,1-7H3,(H,25,28). The average molecular weight is 417 g/mol. The molecule has 6 heteroatoms. The van der Waals surface area contributed by atoms with Gasteiger partial charge in [-0.15, -0.1) is 0 Å². The van der Waals surface area contributed by atoms with Crippen molar-refractivity contribution in [2.75, 3.05) is 6.61 Å². The summed E-state index contributed by atoms with van der Waals surface area (Å²) in [5.74, 6) is -1.71. The summed E-state index contributed by atoms with van der Waals surface area (Å²) in [6.07, 6.45) is 0.282. The molecule has 2 rings (SSSR count). The van der Waals surface area contributed by atoms with E-state index in [1.807, 2.05) is 71.9 Å². The lowest BCUT2D eigenvalue weighted by Gasteiger charge is -2.33. The maximum Gasteiger partial charge on any atom is 0.311 e. The van der Waals surface area contributed by atoms with Gasteiger partial charge >= 0.3 is 5.97 Å². The largest absolute Gasteiger partial charge is 0.466 e. The molecule has 30 heavy (non-hydrogen) atoms. The summed E-state index contributed by atoms with van der Waals surface area (Å²) in [6.45, 7) is 13.6. The van der Waals surface area contributed by atoms with Crippen LogP contribution < -0.4 is 5.32 Å². The Bertz CT molecular complexity index is 754. The fraction of sp³-hybridized carbons (Fsp3) is 0.625. The van der Waals surface area contributed by atoms with Crippen LogP contribution in [0.25, 0.3) is 0 Å². The van der Waals surface area contributed by atoms with Crippen LogP contribution in [0.15, 0.2) is 30.3 Å². The average Bonchev–Trinajstić information content (AvgIpc) is 2.94. The summed E-state index contributed by atoms with van der Waals surface area (Å²) in [5.41, 5.74) is 0.590. The fourth-order valence-electron chi connectivity index (χ4n) is 4.27. The summed E-state index contributed by atoms with van der Waals surface area (Å²) < 4.78 is 5.38. The zero-order valence-electron chi connectivity index (χ0n) is 19.3. The lowest BCUT2D eigenvalue weighted by atomic mass is 9.85. The number of esters is 1. The summed E-state index contributed by atoms with van der Waals surface area (Å²) in [7, 11) is 0. The van der Waals surface area contributed by atoms with Crippen molar-refractivity contribution in [3.05, 3.63) is 35.9 Å². The van der Waals surface area contributed by atoms with Gasteiger partial charge in [-0.2, -0.15) is 0 Å². The lowest BCUT2D eigenvalue weighted by Crippen LogP contribution is -2.50. The van der Waals surface area contributed by atoms with E-state index < -0.39 is 18.0 Å². The van der Waals surface area contributed by atoms with Crippen molar-refractivity contribution in [2.45, 2.75) is 73.0 Å². The Morgan fingerprint density at radius 2 is 1.73 bits per heavy atom. The van der Waals surface area contributed by atoms with E-state index in [2.05, 4.69) is 5.32 Å². The van der Waals surface area contributed by atoms with Gasteiger partial charge in [-0.25, -0.2) is 0 Å². The van der Waals surface area contributed by atoms with Gasteiger partial charge in [0.1, 0.15) is 6.04 Å². The zero-order valence-corrected chi connectivity index (χ0v) is 19.3. The first kappa shape index (κ1) is 23.9. The quantitative estimate of drug-likeness (QED) is 0.717. The van der Waals surface area contributed by atoms with Gasteiger partial charge in [0.15, 0.2) is 0 Å². The highest BCUT2D eigenvalue weighted by molar-refractivity contribution is 5.91. The number of likely N-dealkylation sites (tertiary alicyclic amines) is 1. The van der Waals surface area contributed by atoms with Crippen LogP contribution in [0.5, 0.6) is 0 Å². The molecule has 1 fully saturated rings. The SMILES string of the molecule is CCOC(=O)C1C(C)C(C(=O)NC(C)C)N(C(=O)CC(C)(C)C)C1c1ccccc1. The number of carbonyl (C=O) groups excluding carboxylic acids is 3. The Kier molecular flexibility index (Phi) is 7.67. The predicted molar refractivity (Wildman–Crippen MR) is 116 cm³/mol. The maximum atomic E-state index is 13.5. The Morgan fingerprint density at radius 3 is 2.23 bits per heavy atom. The highest BCUT2D eigenvalue weighted by atomic mass is 16.5. The van der Waals surface area contributed by atoms with Gasteiger partial charge < -0.3 is 15.0 Å². The molecule has 1 aromatic carbocycles. The predicted octanol–water partition coefficient (Wildman–Crippen LogP) is 3.71. The minimum Gasteiger partial charge on any atom is -0.466 e. The van der Waals surface area contributed by atoms with E-state index in [0.717, 1.165) is 5.56 Å². The summed E-state index contributed by atoms with van der Waals surface area (Å²) in [4.78, 5) is 41.3. The smallest absolute Gasteiger partial charge is 0.311 e. The Labute approximate surface area is 180 Å². The van der Waals surface area contributed by atoms with Gasteiger partial charge in [0.2, 0.25) is 11.8 Å². The van der Waals surface area contributed by atoms with Crippen molar-refractivity contribution in [3.63, 3.8) is 0 Å². The number of nitrogens with one attached hydrogen (secondary N) is 1. The molecule has 1 aliphatic rings. The third-order valence-electron chi connectivity index (χ3n) is 5.37. The van der Waals surface area contributed by atoms with Gasteiger partial charge in [0, 0.05) is 18.4 Å². The topological polar surface area (TPSA) is 75.7 Å². The van der Waals surface area contributed by atoms with Crippen LogP contribution in [-0.2, 0) is 19.1 Å². The molecule has 1 aliphatic heterocycles. The molecule has 4 atom stereocenters. The Balaban J connectivity index is 2.60. The molecule has 166 valence electrons. The van der Waals surface area contributed by atoms with Crippen LogP contribution in [0.2, 0.25) is 0 Å². The van der Waals surface area contributed by atoms with Gasteiger partial charge in [0.25, 0.3) is 0 Å². The molecule has 6 nitrogen and oxygen atoms in total. The molecule has 0 bridgehead atoms. The third kappa shape index (κ3) is 5.41. The molecule has 0 aliphatic carbocycles. The van der Waals surface area contributed by atoms with E-state index in [-0.39, 0.29) is 48.2 Å². The second kappa shape index (κ2) is 9.63. The van der Waals surface area contributed by atoms with Crippen molar-refractivity contribution in [3.8, 4) is 0 Å². The van der Waals surface area contributed by atoms with E-state index in [1.54, 1.807) is 11.8 Å². The van der Waals surface area contributed by atoms with Crippen molar-refractivity contribution in [1.82, 2.24) is 10.2 Å². The third-order valence-corrected chi connectivity index (χ3v) is 5.37. The summed E-state index contributed by atoms with van der Waals surface area (Å²) >= 11 is 0. The Hall–Kier alpha value is -2.37. The normalized spacial score (nSPS) is 24.1. The van der Waals surface area contributed by atoms with E-state index in [9.17, 15) is 14.4 Å². The van der Waals surface area contributed by atoms with E-state index in [1.165, 1.54) is 0 Å². The second-order valence-corrected chi connectivity index (χ2v) is 9.64. The van der Waals surface area contributed by atoms with Crippen LogP contribution in [-0.4, -0.2) is 41.4 Å². The van der Waals surface area contributed by atoms with Gasteiger partial charge in [0.05, 0.1) is 18.6 Å². The molecule has 0 saturated carbocycles. The first-order chi connectivity index (χ1) is 14.0. The van der Waals surface area contributed by atoms with E-state index in [0.29, 0.717) is 0 Å². The molecule has 0 aromatic heterocycles. The molecule has 2 amide bonds. The molecular formula is C24H36N2O4. The number of nitrogens with zero attached hydrogens (tertiary/aromatic N) is 1. The molecule has 1 aromatic rings. The number of hydrogen-bond donors (Lipinski definition) is 1. The number of benzene rings is 1. The van der Waals surface area contributed by atoms with Crippen LogP contribution in [0.1, 0.15) is 66.5 Å². The lowest BCUT2D eigenvalue weighted by molar-refractivity contribution is -0.150. The number of amides is 2. The van der Waals surface area contributed by atoms with Crippen LogP contribution in [0.4, 0.5) is 0 Å². The summed E-state index contributed by atoms with van der Waals surface area (Å²) in [5, 5.41) is 2.94. The van der Waals surface area contributed by atoms with Gasteiger partial charge in [-0.3, -0.25) is 14.4 Å². The number of carbonyl (C=O) groups is 3. The first-order valence-electron chi connectivity index (χ1n) is 10.8. The molecule has 0 spiro atoms. The van der Waals surface area contributed by atoms with Crippen LogP contribution in [0, 0.1) is 17.3 Å². The number of rotatable bonds is 6. The molecular weight excluding hydrogens is 380 g/mol. The minimum atomic E-state index is -0.734. The van der Waals surface area contributed by atoms with Crippen molar-refractivity contribution in [2.24, 2.45) is 17.3 Å². The van der Waals surface area contributed by atoms with Gasteiger partial charge in [-0.05, 0) is 31.7 Å². The van der Waals surface area contributed by atoms with E-state index >= 15 is 0 Å². The second-order valence-electron chi connectivity index (χ2n) is 9.64. The maximum absolute atomic E-state index is 13.5. The summed E-state index contributed by atoms with van der Waals surface area (Å²) in [6, 6.07) is 8.13. The molecule has 1 saturated heterocycles. The zero-order chi connectivity index (χ0) is 22.6. The molecule has 0 radical (unpaired) electrons. The number of ether oxygens (including phenoxy) is 1. The van der Waals surface area contributed by atoms with Crippen LogP contribution in [0.3, 0.4) is 0 Å². The number of hydrogen-bond acceptors (Lipinski definition) is 4. The Morgan fingerprint density at radius 1 is 1.13 bits per heavy atom. The highest BCUT2D eigenvalue weighted by Crippen LogP contribution is 2.46.